The largest absolute Gasteiger partial charge is 0.359 e. The van der Waals surface area contributed by atoms with Gasteiger partial charge in [0.05, 0.1) is 12.7 Å². The van der Waals surface area contributed by atoms with E-state index < -0.39 is 0 Å². The number of nitrogens with zero attached hydrogens (tertiary/aromatic N) is 1. The maximum atomic E-state index is 8.26. The van der Waals surface area contributed by atoms with Gasteiger partial charge in [-0.1, -0.05) is 6.92 Å². The molecule has 0 aromatic heterocycles. The van der Waals surface area contributed by atoms with Crippen LogP contribution in [-0.2, 0) is 9.47 Å². The first-order chi connectivity index (χ1) is 4.81. The fourth-order valence-corrected chi connectivity index (χ4v) is 0.547. The lowest BCUT2D eigenvalue weighted by Crippen LogP contribution is -2.06. The normalized spacial score (nSPS) is 12.5. The highest BCUT2D eigenvalue weighted by Gasteiger charge is 1.99. The van der Waals surface area contributed by atoms with Gasteiger partial charge in [-0.2, -0.15) is 5.26 Å². The van der Waals surface area contributed by atoms with Crippen LogP contribution in [0.3, 0.4) is 0 Å². The van der Waals surface area contributed by atoms with Crippen LogP contribution in [0.1, 0.15) is 13.3 Å². The predicted octanol–water partition coefficient (Wildman–Crippen LogP) is 1.16. The van der Waals surface area contributed by atoms with Crippen LogP contribution in [0.5, 0.6) is 0 Å². The van der Waals surface area contributed by atoms with Gasteiger partial charge in [0.25, 0.3) is 0 Å². The molecule has 0 bridgehead atoms. The van der Waals surface area contributed by atoms with Crippen LogP contribution in [0.2, 0.25) is 0 Å². The lowest BCUT2D eigenvalue weighted by molar-refractivity contribution is -0.0410. The van der Waals surface area contributed by atoms with Gasteiger partial charge in [0.1, 0.15) is 6.79 Å². The first-order valence-electron chi connectivity index (χ1n) is 3.25. The molecule has 3 heteroatoms. The second-order valence-electron chi connectivity index (χ2n) is 2.24. The average Bonchev–Trinajstić information content (AvgIpc) is 1.89. The van der Waals surface area contributed by atoms with Gasteiger partial charge < -0.3 is 9.47 Å². The van der Waals surface area contributed by atoms with Crippen LogP contribution in [0.25, 0.3) is 0 Å². The highest BCUT2D eigenvalue weighted by molar-refractivity contribution is 4.72. The lowest BCUT2D eigenvalue weighted by atomic mass is 10.1. The maximum absolute atomic E-state index is 8.26. The molecule has 0 radical (unpaired) electrons. The molecular formula is C7H13NO2. The first kappa shape index (κ1) is 9.41. The van der Waals surface area contributed by atoms with Gasteiger partial charge in [0.2, 0.25) is 0 Å². The van der Waals surface area contributed by atoms with Gasteiger partial charge in [-0.15, -0.1) is 0 Å². The Morgan fingerprint density at radius 1 is 1.60 bits per heavy atom. The molecule has 0 spiro atoms. The van der Waals surface area contributed by atoms with Gasteiger partial charge in [-0.25, -0.2) is 0 Å². The minimum absolute atomic E-state index is 0.306. The van der Waals surface area contributed by atoms with E-state index in [9.17, 15) is 0 Å². The molecule has 0 heterocycles. The smallest absolute Gasteiger partial charge is 0.146 e. The molecule has 0 N–H and O–H groups in total. The summed E-state index contributed by atoms with van der Waals surface area (Å²) in [4.78, 5) is 0. The van der Waals surface area contributed by atoms with Crippen molar-refractivity contribution in [2.45, 2.75) is 13.3 Å². The van der Waals surface area contributed by atoms with E-state index in [0.29, 0.717) is 25.7 Å². The molecule has 0 aliphatic heterocycles. The number of nitriles is 1. The highest BCUT2D eigenvalue weighted by Crippen LogP contribution is 1.99. The predicted molar refractivity (Wildman–Crippen MR) is 37.2 cm³/mol. The van der Waals surface area contributed by atoms with Crippen molar-refractivity contribution in [2.24, 2.45) is 5.92 Å². The summed E-state index contributed by atoms with van der Waals surface area (Å²) >= 11 is 0. The lowest BCUT2D eigenvalue weighted by Gasteiger charge is -2.06. The van der Waals surface area contributed by atoms with Crippen LogP contribution in [-0.4, -0.2) is 20.5 Å². The van der Waals surface area contributed by atoms with E-state index in [1.54, 1.807) is 7.11 Å². The summed E-state index contributed by atoms with van der Waals surface area (Å²) < 4.78 is 9.69. The first-order valence-corrected chi connectivity index (χ1v) is 3.25. The Kier molecular flexibility index (Phi) is 6.14. The SMILES string of the molecule is COCOC[C@H](C)CC#N. The summed E-state index contributed by atoms with van der Waals surface area (Å²) in [6, 6.07) is 2.07. The minimum Gasteiger partial charge on any atom is -0.359 e. The molecule has 3 nitrogen and oxygen atoms in total. The molecule has 1 atom stereocenters. The Bertz CT molecular complexity index is 109. The van der Waals surface area contributed by atoms with E-state index in [1.807, 2.05) is 6.92 Å². The summed E-state index contributed by atoms with van der Waals surface area (Å²) in [6.07, 6.45) is 0.545. The Balaban J connectivity index is 3.06. The summed E-state index contributed by atoms with van der Waals surface area (Å²) in [7, 11) is 1.58. The Hall–Kier alpha value is -0.590. The minimum atomic E-state index is 0.306. The second-order valence-corrected chi connectivity index (χ2v) is 2.24. The zero-order valence-electron chi connectivity index (χ0n) is 6.46. The van der Waals surface area contributed by atoms with E-state index in [0.717, 1.165) is 0 Å². The molecule has 10 heavy (non-hydrogen) atoms. The average molecular weight is 143 g/mol. The van der Waals surface area contributed by atoms with Crippen LogP contribution >= 0.6 is 0 Å². The van der Waals surface area contributed by atoms with Gasteiger partial charge in [0, 0.05) is 13.5 Å². The van der Waals surface area contributed by atoms with E-state index in [4.69, 9.17) is 10.00 Å². The zero-order chi connectivity index (χ0) is 7.82. The van der Waals surface area contributed by atoms with Crippen LogP contribution in [0, 0.1) is 17.2 Å². The molecule has 0 aromatic carbocycles. The molecule has 0 saturated carbocycles. The summed E-state index contributed by atoms with van der Waals surface area (Å²) in [5.41, 5.74) is 0. The molecule has 0 unspecified atom stereocenters. The summed E-state index contributed by atoms with van der Waals surface area (Å²) in [5.74, 6) is 0.306. The fourth-order valence-electron chi connectivity index (χ4n) is 0.547. The number of methoxy groups -OCH3 is 1. The van der Waals surface area contributed by atoms with Crippen molar-refractivity contribution in [3.05, 3.63) is 0 Å². The fraction of sp³-hybridized carbons (Fsp3) is 0.857. The van der Waals surface area contributed by atoms with E-state index in [-0.39, 0.29) is 0 Å². The standard InChI is InChI=1S/C7H13NO2/c1-7(3-4-8)5-10-6-9-2/h7H,3,5-6H2,1-2H3/t7-/m1/s1. The Morgan fingerprint density at radius 3 is 2.80 bits per heavy atom. The number of ether oxygens (including phenoxy) is 2. The third-order valence-corrected chi connectivity index (χ3v) is 1.04. The van der Waals surface area contributed by atoms with Gasteiger partial charge in [-0.05, 0) is 5.92 Å². The number of rotatable bonds is 5. The molecule has 0 aliphatic rings. The molecule has 0 amide bonds. The third kappa shape index (κ3) is 5.54. The van der Waals surface area contributed by atoms with Crippen molar-refractivity contribution in [1.29, 1.82) is 5.26 Å². The Morgan fingerprint density at radius 2 is 2.30 bits per heavy atom. The van der Waals surface area contributed by atoms with Crippen LogP contribution in [0.15, 0.2) is 0 Å². The van der Waals surface area contributed by atoms with Gasteiger partial charge in [-0.3, -0.25) is 0 Å². The van der Waals surface area contributed by atoms with Crippen LogP contribution in [0.4, 0.5) is 0 Å². The second kappa shape index (κ2) is 6.53. The van der Waals surface area contributed by atoms with E-state index in [2.05, 4.69) is 10.8 Å². The molecule has 58 valence electrons. The maximum Gasteiger partial charge on any atom is 0.146 e. The quantitative estimate of drug-likeness (QED) is 0.428. The summed E-state index contributed by atoms with van der Waals surface area (Å²) in [5, 5.41) is 8.26. The monoisotopic (exact) mass is 143 g/mol. The topological polar surface area (TPSA) is 42.2 Å². The van der Waals surface area contributed by atoms with Crippen LogP contribution < -0.4 is 0 Å². The van der Waals surface area contributed by atoms with Crippen molar-refractivity contribution in [1.82, 2.24) is 0 Å². The Labute approximate surface area is 61.5 Å². The van der Waals surface area contributed by atoms with Crippen molar-refractivity contribution in [3.63, 3.8) is 0 Å². The molecule has 0 fully saturated rings. The third-order valence-electron chi connectivity index (χ3n) is 1.04. The van der Waals surface area contributed by atoms with Gasteiger partial charge in [0.15, 0.2) is 0 Å². The zero-order valence-corrected chi connectivity index (χ0v) is 6.46. The number of hydrogen-bond acceptors (Lipinski definition) is 3. The van der Waals surface area contributed by atoms with Gasteiger partial charge >= 0.3 is 0 Å². The number of hydrogen-bond donors (Lipinski definition) is 0. The molecule has 0 rings (SSSR count). The molecule has 0 aliphatic carbocycles. The van der Waals surface area contributed by atoms with Crippen molar-refractivity contribution < 1.29 is 9.47 Å². The van der Waals surface area contributed by atoms with E-state index >= 15 is 0 Å². The van der Waals surface area contributed by atoms with Crippen molar-refractivity contribution >= 4 is 0 Å². The molecule has 0 saturated heterocycles. The molecular weight excluding hydrogens is 130 g/mol. The van der Waals surface area contributed by atoms with Crippen molar-refractivity contribution in [2.75, 3.05) is 20.5 Å². The highest BCUT2D eigenvalue weighted by atomic mass is 16.7. The van der Waals surface area contributed by atoms with Crippen molar-refractivity contribution in [3.8, 4) is 6.07 Å². The molecule has 0 aromatic rings. The van der Waals surface area contributed by atoms with E-state index in [1.165, 1.54) is 0 Å². The summed E-state index contributed by atoms with van der Waals surface area (Å²) in [6.45, 7) is 2.88.